The Kier molecular flexibility index (Phi) is 5.21. The number of likely N-dealkylation sites (tertiary alicyclic amines) is 2. The molecule has 0 aromatic rings. The molecule has 0 atom stereocenters. The van der Waals surface area contributed by atoms with Crippen LogP contribution < -0.4 is 0 Å². The molecule has 0 aromatic carbocycles. The highest BCUT2D eigenvalue weighted by Crippen LogP contribution is 2.50. The molecule has 1 saturated carbocycles. The van der Waals surface area contributed by atoms with Crippen molar-refractivity contribution in [3.63, 3.8) is 0 Å². The maximum atomic E-state index is 14.0. The Bertz CT molecular complexity index is 549. The number of hydrogen-bond donors (Lipinski definition) is 1. The van der Waals surface area contributed by atoms with Crippen LogP contribution in [0, 0.1) is 5.41 Å². The Balaban J connectivity index is 1.48. The highest BCUT2D eigenvalue weighted by molar-refractivity contribution is 5.73. The molecule has 6 nitrogen and oxygen atoms in total. The third-order valence-corrected chi connectivity index (χ3v) is 6.45. The maximum absolute atomic E-state index is 14.0. The van der Waals surface area contributed by atoms with Gasteiger partial charge in [0.1, 0.15) is 5.67 Å². The van der Waals surface area contributed by atoms with E-state index in [1.165, 1.54) is 20.8 Å². The molecular weight excluding hydrogens is 337 g/mol. The van der Waals surface area contributed by atoms with E-state index in [0.29, 0.717) is 19.1 Å². The van der Waals surface area contributed by atoms with Crippen molar-refractivity contribution >= 4 is 12.0 Å². The molecule has 2 amide bonds. The summed E-state index contributed by atoms with van der Waals surface area (Å²) in [5.74, 6) is -0.0449. The van der Waals surface area contributed by atoms with Crippen molar-refractivity contribution in [1.29, 1.82) is 0 Å². The highest BCUT2D eigenvalue weighted by atomic mass is 19.1. The van der Waals surface area contributed by atoms with E-state index < -0.39 is 11.8 Å². The predicted molar refractivity (Wildman–Crippen MR) is 96.8 cm³/mol. The third kappa shape index (κ3) is 4.13. The zero-order valence-corrected chi connectivity index (χ0v) is 16.2. The van der Waals surface area contributed by atoms with Crippen LogP contribution in [0.15, 0.2) is 0 Å². The lowest BCUT2D eigenvalue weighted by Crippen LogP contribution is -2.57. The number of rotatable bonds is 4. The quantitative estimate of drug-likeness (QED) is 0.827. The van der Waals surface area contributed by atoms with Crippen molar-refractivity contribution in [1.82, 2.24) is 14.7 Å². The van der Waals surface area contributed by atoms with Gasteiger partial charge < -0.3 is 19.8 Å². The molecule has 3 aliphatic rings. The Morgan fingerprint density at radius 1 is 1.23 bits per heavy atom. The van der Waals surface area contributed by atoms with Crippen LogP contribution in [0.25, 0.3) is 0 Å². The predicted octanol–water partition coefficient (Wildman–Crippen LogP) is 2.58. The van der Waals surface area contributed by atoms with Crippen LogP contribution in [0.4, 0.5) is 9.18 Å². The summed E-state index contributed by atoms with van der Waals surface area (Å²) in [7, 11) is 0. The first-order valence-electron chi connectivity index (χ1n) is 9.77. The van der Waals surface area contributed by atoms with E-state index in [1.807, 2.05) is 0 Å². The molecule has 0 unspecified atom stereocenters. The smallest absolute Gasteiger partial charge is 0.407 e. The number of halogens is 1. The van der Waals surface area contributed by atoms with Crippen molar-refractivity contribution < 1.29 is 19.1 Å². The van der Waals surface area contributed by atoms with Crippen LogP contribution in [0.5, 0.6) is 0 Å². The summed E-state index contributed by atoms with van der Waals surface area (Å²) in [5, 5.41) is 9.14. The summed E-state index contributed by atoms with van der Waals surface area (Å²) in [6.07, 6.45) is 4.12. The van der Waals surface area contributed by atoms with Gasteiger partial charge in [0.2, 0.25) is 5.91 Å². The lowest BCUT2D eigenvalue weighted by atomic mass is 9.64. The van der Waals surface area contributed by atoms with Crippen molar-refractivity contribution in [3.8, 4) is 0 Å². The molecule has 148 valence electrons. The first kappa shape index (κ1) is 19.4. The van der Waals surface area contributed by atoms with Gasteiger partial charge in [-0.15, -0.1) is 0 Å². The highest BCUT2D eigenvalue weighted by Gasteiger charge is 2.51. The fourth-order valence-corrected chi connectivity index (χ4v) is 5.09. The zero-order chi connectivity index (χ0) is 19.1. The van der Waals surface area contributed by atoms with Gasteiger partial charge in [0, 0.05) is 45.2 Å². The molecule has 2 heterocycles. The molecule has 3 fully saturated rings. The lowest BCUT2D eigenvalue weighted by molar-refractivity contribution is -0.134. The second-order valence-electron chi connectivity index (χ2n) is 9.15. The minimum atomic E-state index is -1.37. The largest absolute Gasteiger partial charge is 0.465 e. The van der Waals surface area contributed by atoms with Crippen molar-refractivity contribution in [2.24, 2.45) is 5.41 Å². The summed E-state index contributed by atoms with van der Waals surface area (Å²) in [5.41, 5.74) is -1.18. The van der Waals surface area contributed by atoms with Gasteiger partial charge in [-0.05, 0) is 51.4 Å². The second kappa shape index (κ2) is 6.98. The number of carbonyl (C=O) groups excluding carboxylic acids is 1. The average Bonchev–Trinajstić information content (AvgIpc) is 2.96. The minimum absolute atomic E-state index is 0.0449. The molecule has 0 radical (unpaired) electrons. The van der Waals surface area contributed by atoms with Crippen LogP contribution in [0.3, 0.4) is 0 Å². The Morgan fingerprint density at radius 2 is 1.85 bits per heavy atom. The van der Waals surface area contributed by atoms with E-state index in [2.05, 4.69) is 4.90 Å². The van der Waals surface area contributed by atoms with E-state index >= 15 is 0 Å². The Labute approximate surface area is 155 Å². The van der Waals surface area contributed by atoms with E-state index in [1.54, 1.807) is 9.80 Å². The van der Waals surface area contributed by atoms with Crippen LogP contribution in [0.2, 0.25) is 0 Å². The van der Waals surface area contributed by atoms with Crippen LogP contribution >= 0.6 is 0 Å². The fraction of sp³-hybridized carbons (Fsp3) is 0.895. The number of carboxylic acid groups (broad SMARTS) is 1. The average molecular weight is 369 g/mol. The molecule has 2 aliphatic heterocycles. The molecule has 1 aliphatic carbocycles. The van der Waals surface area contributed by atoms with Gasteiger partial charge in [-0.3, -0.25) is 4.79 Å². The summed E-state index contributed by atoms with van der Waals surface area (Å²) in [4.78, 5) is 28.8. The van der Waals surface area contributed by atoms with Gasteiger partial charge >= 0.3 is 6.09 Å². The number of alkyl halides is 1. The third-order valence-electron chi connectivity index (χ3n) is 6.45. The molecular formula is C19H32FN3O3. The van der Waals surface area contributed by atoms with Crippen molar-refractivity contribution in [3.05, 3.63) is 0 Å². The minimum Gasteiger partial charge on any atom is -0.465 e. The van der Waals surface area contributed by atoms with E-state index in [4.69, 9.17) is 5.11 Å². The summed E-state index contributed by atoms with van der Waals surface area (Å²) >= 11 is 0. The van der Waals surface area contributed by atoms with Crippen molar-refractivity contribution in [2.45, 2.75) is 70.6 Å². The normalized spacial score (nSPS) is 30.5. The van der Waals surface area contributed by atoms with Crippen LogP contribution in [-0.2, 0) is 4.79 Å². The fourth-order valence-electron chi connectivity index (χ4n) is 5.09. The van der Waals surface area contributed by atoms with Gasteiger partial charge in [-0.2, -0.15) is 0 Å². The van der Waals surface area contributed by atoms with E-state index in [0.717, 1.165) is 45.2 Å². The number of carbonyl (C=O) groups is 2. The monoisotopic (exact) mass is 369 g/mol. The first-order chi connectivity index (χ1) is 12.1. The topological polar surface area (TPSA) is 64.1 Å². The number of amides is 2. The zero-order valence-electron chi connectivity index (χ0n) is 16.2. The summed E-state index contributed by atoms with van der Waals surface area (Å²) < 4.78 is 14.0. The summed E-state index contributed by atoms with van der Waals surface area (Å²) in [6, 6.07) is 0.662. The summed E-state index contributed by atoms with van der Waals surface area (Å²) in [6.45, 7) is 7.94. The molecule has 1 spiro atoms. The van der Waals surface area contributed by atoms with Gasteiger partial charge in [0.25, 0.3) is 0 Å². The van der Waals surface area contributed by atoms with Crippen molar-refractivity contribution in [2.75, 3.05) is 32.7 Å². The second-order valence-corrected chi connectivity index (χ2v) is 9.15. The van der Waals surface area contributed by atoms with Crippen LogP contribution in [0.1, 0.15) is 52.9 Å². The maximum Gasteiger partial charge on any atom is 0.407 e. The first-order valence-corrected chi connectivity index (χ1v) is 9.77. The molecule has 3 rings (SSSR count). The van der Waals surface area contributed by atoms with Gasteiger partial charge in [-0.25, -0.2) is 9.18 Å². The lowest BCUT2D eigenvalue weighted by Gasteiger charge is -2.52. The molecule has 2 saturated heterocycles. The Morgan fingerprint density at radius 3 is 2.31 bits per heavy atom. The molecule has 0 aromatic heterocycles. The molecule has 7 heteroatoms. The number of hydrogen-bond acceptors (Lipinski definition) is 3. The van der Waals surface area contributed by atoms with Gasteiger partial charge in [0.15, 0.2) is 0 Å². The standard InChI is InChI=1S/C19H32FN3O3/c1-14(24)23(12-18(2,3)20)15-4-7-21(8-5-15)16-10-19(11-16)6-9-22(13-19)17(25)26/h15-16H,4-13H2,1-3H3,(H,25,26). The SMILES string of the molecule is CC(=O)N(CC(C)(C)F)C1CCN(C2CC3(CCN(C(=O)O)C3)C2)CC1. The number of nitrogens with zero attached hydrogens (tertiary/aromatic N) is 3. The van der Waals surface area contributed by atoms with E-state index in [9.17, 15) is 14.0 Å². The van der Waals surface area contributed by atoms with E-state index in [-0.39, 0.29) is 23.9 Å². The number of piperidine rings is 1. The molecule has 0 bridgehead atoms. The molecule has 26 heavy (non-hydrogen) atoms. The Hall–Kier alpha value is -1.37. The van der Waals surface area contributed by atoms with Gasteiger partial charge in [-0.1, -0.05) is 0 Å². The van der Waals surface area contributed by atoms with Gasteiger partial charge in [0.05, 0.1) is 6.54 Å². The van der Waals surface area contributed by atoms with Crippen LogP contribution in [-0.4, -0.2) is 82.3 Å². The molecule has 1 N–H and O–H groups in total.